The number of aliphatic imine (C=N–C) groups is 1. The Morgan fingerprint density at radius 1 is 1.40 bits per heavy atom. The monoisotopic (exact) mass is 346 g/mol. The van der Waals surface area contributed by atoms with Crippen molar-refractivity contribution in [3.63, 3.8) is 0 Å². The smallest absolute Gasteiger partial charge is 0.220 e. The third-order valence-electron chi connectivity index (χ3n) is 4.23. The summed E-state index contributed by atoms with van der Waals surface area (Å²) in [6.45, 7) is 8.52. The van der Waals surface area contributed by atoms with Crippen LogP contribution in [-0.2, 0) is 11.3 Å². The number of hydrogen-bond acceptors (Lipinski definition) is 4. The lowest BCUT2D eigenvalue weighted by Crippen LogP contribution is -2.47. The Morgan fingerprint density at radius 2 is 2.08 bits per heavy atom. The molecule has 7 nitrogen and oxygen atoms in total. The van der Waals surface area contributed by atoms with E-state index in [9.17, 15) is 4.79 Å². The van der Waals surface area contributed by atoms with E-state index in [4.69, 9.17) is 5.73 Å². The van der Waals surface area contributed by atoms with Crippen LogP contribution >= 0.6 is 0 Å². The van der Waals surface area contributed by atoms with Crippen LogP contribution in [0.1, 0.15) is 39.2 Å². The number of aromatic nitrogens is 1. The van der Waals surface area contributed by atoms with Crippen LogP contribution in [0.3, 0.4) is 0 Å². The molecule has 4 N–H and O–H groups in total. The molecule has 25 heavy (non-hydrogen) atoms. The number of nitrogens with one attached hydrogen (secondary N) is 2. The number of carbonyl (C=O) groups excluding carboxylic acids is 1. The van der Waals surface area contributed by atoms with E-state index in [2.05, 4.69) is 52.3 Å². The van der Waals surface area contributed by atoms with Gasteiger partial charge in [0, 0.05) is 49.9 Å². The average Bonchev–Trinajstić information content (AvgIpc) is 2.58. The highest BCUT2D eigenvalue weighted by molar-refractivity contribution is 5.80. The Hall–Kier alpha value is -2.31. The molecular formula is C18H30N6O. The number of nitrogens with two attached hydrogens (primary N) is 1. The first-order valence-corrected chi connectivity index (χ1v) is 8.77. The topological polar surface area (TPSA) is 95.6 Å². The van der Waals surface area contributed by atoms with Crippen molar-refractivity contribution in [1.29, 1.82) is 0 Å². The Labute approximate surface area is 150 Å². The van der Waals surface area contributed by atoms with Crippen LogP contribution in [0.4, 0.5) is 5.82 Å². The molecule has 1 saturated heterocycles. The number of nitrogens with zero attached hydrogens (tertiary/aromatic N) is 3. The maximum atomic E-state index is 11.3. The van der Waals surface area contributed by atoms with Crippen molar-refractivity contribution >= 4 is 17.7 Å². The minimum Gasteiger partial charge on any atom is -0.369 e. The fraction of sp³-hybridized carbons (Fsp3) is 0.611. The van der Waals surface area contributed by atoms with Crippen molar-refractivity contribution in [3.8, 4) is 0 Å². The Balaban J connectivity index is 2.02. The molecule has 0 bridgehead atoms. The Kier molecular flexibility index (Phi) is 6.22. The molecule has 0 saturated carbocycles. The van der Waals surface area contributed by atoms with E-state index in [1.54, 1.807) is 13.2 Å². The van der Waals surface area contributed by atoms with Crippen LogP contribution in [0.25, 0.3) is 0 Å². The van der Waals surface area contributed by atoms with Gasteiger partial charge in [0.1, 0.15) is 5.82 Å². The largest absolute Gasteiger partial charge is 0.369 e. The molecule has 1 aromatic heterocycles. The van der Waals surface area contributed by atoms with E-state index in [1.165, 1.54) is 0 Å². The van der Waals surface area contributed by atoms with Gasteiger partial charge in [-0.2, -0.15) is 0 Å². The third-order valence-corrected chi connectivity index (χ3v) is 4.23. The number of pyridine rings is 1. The van der Waals surface area contributed by atoms with E-state index < -0.39 is 0 Å². The van der Waals surface area contributed by atoms with Crippen molar-refractivity contribution in [3.05, 3.63) is 23.9 Å². The molecule has 0 unspecified atom stereocenters. The van der Waals surface area contributed by atoms with Gasteiger partial charge in [-0.3, -0.25) is 9.79 Å². The van der Waals surface area contributed by atoms with Crippen molar-refractivity contribution in [2.75, 3.05) is 25.0 Å². The molecule has 0 aromatic carbocycles. The highest BCUT2D eigenvalue weighted by Gasteiger charge is 2.25. The Bertz CT molecular complexity index is 614. The number of amides is 1. The molecule has 1 aromatic rings. The molecule has 138 valence electrons. The predicted molar refractivity (Wildman–Crippen MR) is 101 cm³/mol. The number of anilines is 1. The highest BCUT2D eigenvalue weighted by Crippen LogP contribution is 2.24. The number of primary amides is 1. The maximum absolute atomic E-state index is 11.3. The first-order chi connectivity index (χ1) is 11.8. The molecular weight excluding hydrogens is 316 g/mol. The summed E-state index contributed by atoms with van der Waals surface area (Å²) in [5.41, 5.74) is 6.47. The lowest BCUT2D eigenvalue weighted by atomic mass is 9.96. The van der Waals surface area contributed by atoms with Crippen molar-refractivity contribution in [2.45, 2.75) is 45.7 Å². The quantitative estimate of drug-likeness (QED) is 0.563. The van der Waals surface area contributed by atoms with E-state index >= 15 is 0 Å². The Morgan fingerprint density at radius 3 is 2.64 bits per heavy atom. The molecule has 0 radical (unpaired) electrons. The van der Waals surface area contributed by atoms with Crippen molar-refractivity contribution in [1.82, 2.24) is 15.6 Å². The summed E-state index contributed by atoms with van der Waals surface area (Å²) in [4.78, 5) is 22.4. The number of carbonyl (C=O) groups is 1. The highest BCUT2D eigenvalue weighted by atomic mass is 16.1. The number of rotatable bonds is 4. The zero-order chi connectivity index (χ0) is 18.4. The minimum absolute atomic E-state index is 0.0173. The minimum atomic E-state index is -0.195. The lowest BCUT2D eigenvalue weighted by Gasteiger charge is -2.32. The lowest BCUT2D eigenvalue weighted by molar-refractivity contribution is -0.122. The number of piperidine rings is 1. The SMILES string of the molecule is CN=C(NCc1cccnc1N1CCC(C(N)=O)CC1)NC(C)(C)C. The first-order valence-electron chi connectivity index (χ1n) is 8.77. The third kappa shape index (κ3) is 5.62. The standard InChI is InChI=1S/C18H30N6O/c1-18(2,3)23-17(20-4)22-12-14-6-5-9-21-16(14)24-10-7-13(8-11-24)15(19)25/h5-6,9,13H,7-8,10-12H2,1-4H3,(H2,19,25)(H2,20,22,23). The number of hydrogen-bond donors (Lipinski definition) is 3. The summed E-state index contributed by atoms with van der Waals surface area (Å²) >= 11 is 0. The van der Waals surface area contributed by atoms with Crippen LogP contribution in [-0.4, -0.2) is 42.5 Å². The molecule has 0 spiro atoms. The van der Waals surface area contributed by atoms with Gasteiger partial charge in [-0.05, 0) is 39.7 Å². The van der Waals surface area contributed by atoms with Crippen LogP contribution < -0.4 is 21.3 Å². The van der Waals surface area contributed by atoms with Crippen LogP contribution in [0.2, 0.25) is 0 Å². The van der Waals surface area contributed by atoms with Crippen molar-refractivity contribution in [2.24, 2.45) is 16.6 Å². The second kappa shape index (κ2) is 8.18. The molecule has 2 heterocycles. The number of guanidine groups is 1. The van der Waals surface area contributed by atoms with Gasteiger partial charge < -0.3 is 21.3 Å². The summed E-state index contributed by atoms with van der Waals surface area (Å²) in [7, 11) is 1.76. The van der Waals surface area contributed by atoms with Gasteiger partial charge in [0.05, 0.1) is 0 Å². The van der Waals surface area contributed by atoms with Crippen molar-refractivity contribution < 1.29 is 4.79 Å². The summed E-state index contributed by atoms with van der Waals surface area (Å²) in [5.74, 6) is 1.51. The zero-order valence-electron chi connectivity index (χ0n) is 15.7. The summed E-state index contributed by atoms with van der Waals surface area (Å²) < 4.78 is 0. The van der Waals surface area contributed by atoms with Crippen LogP contribution in [0.5, 0.6) is 0 Å². The molecule has 2 rings (SSSR count). The molecule has 7 heteroatoms. The molecule has 1 amide bonds. The van der Waals surface area contributed by atoms with Gasteiger partial charge in [-0.15, -0.1) is 0 Å². The average molecular weight is 346 g/mol. The van der Waals surface area contributed by atoms with Gasteiger partial charge in [-0.25, -0.2) is 4.98 Å². The van der Waals surface area contributed by atoms with E-state index in [0.29, 0.717) is 6.54 Å². The van der Waals surface area contributed by atoms with Gasteiger partial charge >= 0.3 is 0 Å². The van der Waals surface area contributed by atoms with Gasteiger partial charge in [0.25, 0.3) is 0 Å². The second-order valence-electron chi connectivity index (χ2n) is 7.45. The molecule has 1 aliphatic heterocycles. The van der Waals surface area contributed by atoms with E-state index in [0.717, 1.165) is 43.3 Å². The van der Waals surface area contributed by atoms with Gasteiger partial charge in [0.2, 0.25) is 5.91 Å². The fourth-order valence-corrected chi connectivity index (χ4v) is 2.94. The fourth-order valence-electron chi connectivity index (χ4n) is 2.94. The normalized spacial score (nSPS) is 16.6. The summed E-state index contributed by atoms with van der Waals surface area (Å²) in [6.07, 6.45) is 3.37. The van der Waals surface area contributed by atoms with Gasteiger partial charge in [0.15, 0.2) is 5.96 Å². The second-order valence-corrected chi connectivity index (χ2v) is 7.45. The molecule has 0 aliphatic carbocycles. The first kappa shape index (κ1) is 19.0. The molecule has 1 aliphatic rings. The van der Waals surface area contributed by atoms with E-state index in [-0.39, 0.29) is 17.4 Å². The maximum Gasteiger partial charge on any atom is 0.220 e. The summed E-state index contributed by atoms with van der Waals surface area (Å²) in [5, 5.41) is 6.69. The van der Waals surface area contributed by atoms with Gasteiger partial charge in [-0.1, -0.05) is 6.07 Å². The predicted octanol–water partition coefficient (Wildman–Crippen LogP) is 1.25. The molecule has 0 atom stereocenters. The van der Waals surface area contributed by atoms with E-state index in [1.807, 2.05) is 6.07 Å². The molecule has 1 fully saturated rings. The van der Waals surface area contributed by atoms with Crippen LogP contribution in [0.15, 0.2) is 23.3 Å². The summed E-state index contributed by atoms with van der Waals surface area (Å²) in [6, 6.07) is 4.01. The van der Waals surface area contributed by atoms with Crippen LogP contribution in [0, 0.1) is 5.92 Å². The zero-order valence-corrected chi connectivity index (χ0v) is 15.7.